The Morgan fingerprint density at radius 2 is 1.96 bits per heavy atom. The van der Waals surface area contributed by atoms with E-state index >= 15 is 0 Å². The van der Waals surface area contributed by atoms with Crippen LogP contribution >= 0.6 is 0 Å². The topological polar surface area (TPSA) is 32.7 Å². The number of aromatic hydroxyl groups is 1. The molecule has 1 unspecified atom stereocenters. The maximum absolute atomic E-state index is 9.77. The number of phenolic OH excluding ortho intramolecular Hbond substituents is 1. The molecular weight excluding hydrogens is 286 g/mol. The van der Waals surface area contributed by atoms with E-state index in [1.165, 1.54) is 16.7 Å². The molecule has 0 bridgehead atoms. The summed E-state index contributed by atoms with van der Waals surface area (Å²) >= 11 is 0. The molecule has 3 rings (SSSR count). The third-order valence-corrected chi connectivity index (χ3v) is 4.52. The van der Waals surface area contributed by atoms with Gasteiger partial charge in [0.1, 0.15) is 17.6 Å². The molecule has 1 N–H and O–H groups in total. The smallest absolute Gasteiger partial charge is 0.146 e. The van der Waals surface area contributed by atoms with Gasteiger partial charge in [-0.2, -0.15) is 0 Å². The molecule has 0 radical (unpaired) electrons. The Bertz CT molecular complexity index is 709. The molecule has 0 spiro atoms. The van der Waals surface area contributed by atoms with Gasteiger partial charge in [-0.15, -0.1) is 0 Å². The number of rotatable bonds is 3. The lowest BCUT2D eigenvalue weighted by molar-refractivity contribution is 0.189. The van der Waals surface area contributed by atoms with Crippen molar-refractivity contribution in [2.75, 3.05) is 11.4 Å². The van der Waals surface area contributed by atoms with E-state index in [9.17, 15) is 5.11 Å². The lowest BCUT2D eigenvalue weighted by Gasteiger charge is -2.39. The molecule has 0 saturated carbocycles. The molecule has 0 aromatic heterocycles. The SMILES string of the molecule is Cc1ccc(CC2CN(C(C)C)c3ccc(O)cc3O2)c(C)c1. The second-order valence-corrected chi connectivity index (χ2v) is 6.77. The highest BCUT2D eigenvalue weighted by atomic mass is 16.5. The summed E-state index contributed by atoms with van der Waals surface area (Å²) in [6.07, 6.45) is 0.970. The molecular formula is C20H25NO2. The molecule has 23 heavy (non-hydrogen) atoms. The summed E-state index contributed by atoms with van der Waals surface area (Å²) in [5.41, 5.74) is 4.99. The van der Waals surface area contributed by atoms with Gasteiger partial charge in [-0.05, 0) is 51.0 Å². The van der Waals surface area contributed by atoms with Crippen LogP contribution in [0.4, 0.5) is 5.69 Å². The van der Waals surface area contributed by atoms with Crippen LogP contribution in [0.25, 0.3) is 0 Å². The number of hydrogen-bond acceptors (Lipinski definition) is 3. The second-order valence-electron chi connectivity index (χ2n) is 6.77. The van der Waals surface area contributed by atoms with Crippen molar-refractivity contribution in [3.05, 3.63) is 53.1 Å². The van der Waals surface area contributed by atoms with Gasteiger partial charge in [0.05, 0.1) is 12.2 Å². The van der Waals surface area contributed by atoms with Crippen molar-refractivity contribution in [3.63, 3.8) is 0 Å². The maximum Gasteiger partial charge on any atom is 0.146 e. The zero-order valence-corrected chi connectivity index (χ0v) is 14.3. The van der Waals surface area contributed by atoms with E-state index in [-0.39, 0.29) is 11.9 Å². The van der Waals surface area contributed by atoms with Crippen molar-refractivity contribution in [2.45, 2.75) is 46.3 Å². The minimum absolute atomic E-state index is 0.0908. The van der Waals surface area contributed by atoms with E-state index in [2.05, 4.69) is 50.8 Å². The highest BCUT2D eigenvalue weighted by Crippen LogP contribution is 2.37. The van der Waals surface area contributed by atoms with Crippen molar-refractivity contribution in [1.29, 1.82) is 0 Å². The summed E-state index contributed by atoms with van der Waals surface area (Å²) in [6.45, 7) is 9.52. The molecule has 0 saturated heterocycles. The average Bonchev–Trinajstić information content (AvgIpc) is 2.48. The molecule has 1 atom stereocenters. The second kappa shape index (κ2) is 6.15. The van der Waals surface area contributed by atoms with Gasteiger partial charge in [0.15, 0.2) is 0 Å². The molecule has 3 heteroatoms. The molecule has 0 fully saturated rings. The van der Waals surface area contributed by atoms with Crippen LogP contribution in [0.15, 0.2) is 36.4 Å². The Morgan fingerprint density at radius 1 is 1.17 bits per heavy atom. The molecule has 1 aliphatic rings. The average molecular weight is 311 g/mol. The van der Waals surface area contributed by atoms with Gasteiger partial charge >= 0.3 is 0 Å². The van der Waals surface area contributed by atoms with E-state index in [0.717, 1.165) is 24.4 Å². The number of fused-ring (bicyclic) bond motifs is 1. The van der Waals surface area contributed by atoms with Gasteiger partial charge in [-0.1, -0.05) is 23.8 Å². The van der Waals surface area contributed by atoms with Crippen molar-refractivity contribution >= 4 is 5.69 Å². The minimum atomic E-state index is 0.0908. The first-order valence-corrected chi connectivity index (χ1v) is 8.26. The number of ether oxygens (including phenoxy) is 1. The fourth-order valence-corrected chi connectivity index (χ4v) is 3.28. The van der Waals surface area contributed by atoms with Gasteiger partial charge in [0.25, 0.3) is 0 Å². The summed E-state index contributed by atoms with van der Waals surface area (Å²) in [6, 6.07) is 12.4. The van der Waals surface area contributed by atoms with Crippen LogP contribution in [0.5, 0.6) is 11.5 Å². The zero-order chi connectivity index (χ0) is 16.6. The van der Waals surface area contributed by atoms with E-state index in [1.54, 1.807) is 12.1 Å². The van der Waals surface area contributed by atoms with E-state index in [4.69, 9.17) is 4.74 Å². The highest BCUT2D eigenvalue weighted by Gasteiger charge is 2.28. The van der Waals surface area contributed by atoms with Crippen LogP contribution in [0, 0.1) is 13.8 Å². The van der Waals surface area contributed by atoms with Crippen LogP contribution in [0.2, 0.25) is 0 Å². The van der Waals surface area contributed by atoms with Crippen molar-refractivity contribution in [1.82, 2.24) is 0 Å². The van der Waals surface area contributed by atoms with Crippen LogP contribution < -0.4 is 9.64 Å². The fraction of sp³-hybridized carbons (Fsp3) is 0.400. The van der Waals surface area contributed by atoms with Gasteiger partial charge in [-0.25, -0.2) is 0 Å². The first-order chi connectivity index (χ1) is 10.9. The van der Waals surface area contributed by atoms with Gasteiger partial charge in [0.2, 0.25) is 0 Å². The van der Waals surface area contributed by atoms with Gasteiger partial charge < -0.3 is 14.7 Å². The largest absolute Gasteiger partial charge is 0.508 e. The maximum atomic E-state index is 9.77. The van der Waals surface area contributed by atoms with Gasteiger partial charge in [-0.3, -0.25) is 0 Å². The summed E-state index contributed by atoms with van der Waals surface area (Å²) in [5, 5.41) is 9.77. The molecule has 2 aromatic rings. The summed E-state index contributed by atoms with van der Waals surface area (Å²) in [4.78, 5) is 2.35. The fourth-order valence-electron chi connectivity index (χ4n) is 3.28. The number of aryl methyl sites for hydroxylation is 2. The van der Waals surface area contributed by atoms with Gasteiger partial charge in [0, 0.05) is 18.5 Å². The predicted octanol–water partition coefficient (Wildman–Crippen LogP) is 4.23. The Balaban J connectivity index is 1.87. The first-order valence-electron chi connectivity index (χ1n) is 8.26. The number of benzene rings is 2. The quantitative estimate of drug-likeness (QED) is 0.921. The molecule has 0 aliphatic carbocycles. The van der Waals surface area contributed by atoms with E-state index in [1.807, 2.05) is 6.07 Å². The Kier molecular flexibility index (Phi) is 4.20. The minimum Gasteiger partial charge on any atom is -0.508 e. The molecule has 1 aliphatic heterocycles. The molecule has 0 amide bonds. The molecule has 3 nitrogen and oxygen atoms in total. The standard InChI is InChI=1S/C20H25NO2/c1-13(2)21-12-18(10-16-6-5-14(3)9-15(16)4)23-20-11-17(22)7-8-19(20)21/h5-9,11,13,18,22H,10,12H2,1-4H3. The Hall–Kier alpha value is -2.16. The van der Waals surface area contributed by atoms with Crippen LogP contribution in [0.3, 0.4) is 0 Å². The number of phenols is 1. The Labute approximate surface area is 138 Å². The summed E-state index contributed by atoms with van der Waals surface area (Å²) < 4.78 is 6.18. The van der Waals surface area contributed by atoms with Crippen LogP contribution in [0.1, 0.15) is 30.5 Å². The normalized spacial score (nSPS) is 17.1. The lowest BCUT2D eigenvalue weighted by Crippen LogP contribution is -2.44. The third-order valence-electron chi connectivity index (χ3n) is 4.52. The van der Waals surface area contributed by atoms with Crippen molar-refractivity contribution < 1.29 is 9.84 Å². The van der Waals surface area contributed by atoms with Crippen LogP contribution in [-0.2, 0) is 6.42 Å². The van der Waals surface area contributed by atoms with Crippen molar-refractivity contribution in [2.24, 2.45) is 0 Å². The van der Waals surface area contributed by atoms with E-state index in [0.29, 0.717) is 6.04 Å². The number of anilines is 1. The summed E-state index contributed by atoms with van der Waals surface area (Å²) in [7, 11) is 0. The third kappa shape index (κ3) is 3.29. The highest BCUT2D eigenvalue weighted by molar-refractivity contribution is 5.63. The van der Waals surface area contributed by atoms with Crippen molar-refractivity contribution in [3.8, 4) is 11.5 Å². The molecule has 122 valence electrons. The Morgan fingerprint density at radius 3 is 2.65 bits per heavy atom. The van der Waals surface area contributed by atoms with Crippen LogP contribution in [-0.4, -0.2) is 23.8 Å². The number of hydrogen-bond donors (Lipinski definition) is 1. The molecule has 1 heterocycles. The zero-order valence-electron chi connectivity index (χ0n) is 14.3. The van der Waals surface area contributed by atoms with E-state index < -0.39 is 0 Å². The monoisotopic (exact) mass is 311 g/mol. The summed E-state index contributed by atoms with van der Waals surface area (Å²) in [5.74, 6) is 1.03. The predicted molar refractivity (Wildman–Crippen MR) is 94.6 cm³/mol. The lowest BCUT2D eigenvalue weighted by atomic mass is 9.99. The number of nitrogens with zero attached hydrogens (tertiary/aromatic N) is 1. The molecule has 2 aromatic carbocycles. The first kappa shape index (κ1) is 15.7.